The Morgan fingerprint density at radius 1 is 1.11 bits per heavy atom. The van der Waals surface area contributed by atoms with Crippen LogP contribution in [0.15, 0.2) is 42.7 Å². The summed E-state index contributed by atoms with van der Waals surface area (Å²) in [7, 11) is -3.36. The normalized spacial score (nSPS) is 24.5. The number of fused-ring (bicyclic) bond motifs is 1. The van der Waals surface area contributed by atoms with Gasteiger partial charge in [-0.1, -0.05) is 30.3 Å². The molecular formula is C20H24N4O3S. The number of hydrogen-bond acceptors (Lipinski definition) is 5. The Balaban J connectivity index is 1.45. The van der Waals surface area contributed by atoms with Crippen LogP contribution in [0.5, 0.6) is 0 Å². The van der Waals surface area contributed by atoms with Crippen LogP contribution < -0.4 is 0 Å². The number of hydrogen-bond donors (Lipinski definition) is 0. The van der Waals surface area contributed by atoms with Gasteiger partial charge >= 0.3 is 0 Å². The maximum atomic E-state index is 13.1. The van der Waals surface area contributed by atoms with Gasteiger partial charge in [0.15, 0.2) is 0 Å². The van der Waals surface area contributed by atoms with E-state index in [1.165, 1.54) is 6.20 Å². The van der Waals surface area contributed by atoms with Crippen LogP contribution in [0.25, 0.3) is 0 Å². The average molecular weight is 401 g/mol. The van der Waals surface area contributed by atoms with Gasteiger partial charge in [-0.2, -0.15) is 4.31 Å². The number of rotatable bonds is 3. The van der Waals surface area contributed by atoms with Crippen molar-refractivity contribution in [3.63, 3.8) is 0 Å². The molecule has 0 N–H and O–H groups in total. The molecule has 2 aliphatic heterocycles. The number of carbonyl (C=O) groups excluding carboxylic acids is 1. The summed E-state index contributed by atoms with van der Waals surface area (Å²) in [6.45, 7) is 3.73. The van der Waals surface area contributed by atoms with Gasteiger partial charge < -0.3 is 4.90 Å². The number of carbonyl (C=O) groups is 1. The molecule has 2 aromatic rings. The molecule has 0 spiro atoms. The zero-order valence-electron chi connectivity index (χ0n) is 15.9. The fraction of sp³-hybridized carbons (Fsp3) is 0.450. The number of likely N-dealkylation sites (tertiary alicyclic amines) is 1. The van der Waals surface area contributed by atoms with E-state index in [1.807, 2.05) is 37.3 Å². The van der Waals surface area contributed by atoms with Crippen LogP contribution in [0, 0.1) is 12.8 Å². The van der Waals surface area contributed by atoms with E-state index in [1.54, 1.807) is 15.4 Å². The average Bonchev–Trinajstić information content (AvgIpc) is 2.84. The molecule has 4 rings (SSSR count). The predicted octanol–water partition coefficient (Wildman–Crippen LogP) is 1.85. The van der Waals surface area contributed by atoms with E-state index in [4.69, 9.17) is 0 Å². The molecule has 148 valence electrons. The van der Waals surface area contributed by atoms with Crippen LogP contribution in [-0.2, 0) is 16.6 Å². The Labute approximate surface area is 165 Å². The van der Waals surface area contributed by atoms with Crippen molar-refractivity contribution in [3.05, 3.63) is 59.7 Å². The van der Waals surface area contributed by atoms with Gasteiger partial charge in [0.25, 0.3) is 5.91 Å². The molecule has 0 radical (unpaired) electrons. The molecular weight excluding hydrogens is 376 g/mol. The van der Waals surface area contributed by atoms with Gasteiger partial charge in [0.05, 0.1) is 17.1 Å². The van der Waals surface area contributed by atoms with Crippen molar-refractivity contribution >= 4 is 15.9 Å². The lowest BCUT2D eigenvalue weighted by Gasteiger charge is -2.22. The lowest BCUT2D eigenvalue weighted by molar-refractivity contribution is 0.0752. The van der Waals surface area contributed by atoms with Crippen molar-refractivity contribution in [1.29, 1.82) is 0 Å². The van der Waals surface area contributed by atoms with E-state index in [2.05, 4.69) is 9.97 Å². The topological polar surface area (TPSA) is 83.5 Å². The molecule has 2 saturated heterocycles. The largest absolute Gasteiger partial charge is 0.337 e. The monoisotopic (exact) mass is 400 g/mol. The molecule has 0 unspecified atom stereocenters. The number of amides is 1. The smallest absolute Gasteiger partial charge is 0.274 e. The molecule has 0 bridgehead atoms. The Kier molecular flexibility index (Phi) is 5.16. The van der Waals surface area contributed by atoms with Crippen LogP contribution in [0.2, 0.25) is 0 Å². The van der Waals surface area contributed by atoms with Gasteiger partial charge in [0.1, 0.15) is 5.69 Å². The van der Waals surface area contributed by atoms with E-state index in [9.17, 15) is 13.2 Å². The van der Waals surface area contributed by atoms with Gasteiger partial charge in [-0.05, 0) is 31.2 Å². The number of sulfonamides is 1. The molecule has 2 fully saturated rings. The Bertz CT molecular complexity index is 947. The number of benzene rings is 1. The summed E-state index contributed by atoms with van der Waals surface area (Å²) in [5.41, 5.74) is 2.06. The lowest BCUT2D eigenvalue weighted by Crippen LogP contribution is -2.35. The molecule has 1 aromatic carbocycles. The number of aryl methyl sites for hydroxylation is 1. The first-order valence-electron chi connectivity index (χ1n) is 9.56. The first-order chi connectivity index (χ1) is 13.4. The van der Waals surface area contributed by atoms with Crippen molar-refractivity contribution in [2.75, 3.05) is 19.6 Å². The second kappa shape index (κ2) is 7.60. The molecule has 8 heteroatoms. The third-order valence-corrected chi connectivity index (χ3v) is 8.03. The van der Waals surface area contributed by atoms with E-state index in [0.717, 1.165) is 11.3 Å². The SMILES string of the molecule is Cc1cnc(C(=O)N2CC[C@@H]3CN(Cc4ccccc4)S(=O)(=O)[C@@H]3CC2)cn1. The molecule has 2 atom stereocenters. The molecule has 2 aliphatic rings. The van der Waals surface area contributed by atoms with Crippen LogP contribution in [-0.4, -0.2) is 58.4 Å². The maximum absolute atomic E-state index is 13.1. The second-order valence-corrected chi connectivity index (χ2v) is 9.69. The molecule has 7 nitrogen and oxygen atoms in total. The third kappa shape index (κ3) is 3.66. The van der Waals surface area contributed by atoms with Crippen LogP contribution in [0.3, 0.4) is 0 Å². The highest BCUT2D eigenvalue weighted by molar-refractivity contribution is 7.90. The Morgan fingerprint density at radius 3 is 2.57 bits per heavy atom. The van der Waals surface area contributed by atoms with Crippen molar-refractivity contribution in [1.82, 2.24) is 19.2 Å². The Hall–Kier alpha value is -2.32. The van der Waals surface area contributed by atoms with E-state index < -0.39 is 15.3 Å². The van der Waals surface area contributed by atoms with Crippen LogP contribution in [0.4, 0.5) is 0 Å². The zero-order valence-corrected chi connectivity index (χ0v) is 16.7. The number of aromatic nitrogens is 2. The van der Waals surface area contributed by atoms with Gasteiger partial charge in [0, 0.05) is 32.4 Å². The summed E-state index contributed by atoms with van der Waals surface area (Å²) in [6, 6.07) is 9.68. The second-order valence-electron chi connectivity index (χ2n) is 7.53. The fourth-order valence-electron chi connectivity index (χ4n) is 4.11. The van der Waals surface area contributed by atoms with E-state index in [0.29, 0.717) is 44.7 Å². The first kappa shape index (κ1) is 19.0. The third-order valence-electron chi connectivity index (χ3n) is 5.65. The van der Waals surface area contributed by atoms with Gasteiger partial charge in [0.2, 0.25) is 10.0 Å². The summed E-state index contributed by atoms with van der Waals surface area (Å²) >= 11 is 0. The highest BCUT2D eigenvalue weighted by atomic mass is 32.2. The minimum absolute atomic E-state index is 0.0515. The van der Waals surface area contributed by atoms with Gasteiger partial charge in [-0.3, -0.25) is 9.78 Å². The van der Waals surface area contributed by atoms with Crippen LogP contribution in [0.1, 0.15) is 34.6 Å². The molecule has 0 saturated carbocycles. The van der Waals surface area contributed by atoms with Gasteiger partial charge in [-0.15, -0.1) is 0 Å². The molecule has 0 aliphatic carbocycles. The van der Waals surface area contributed by atoms with Crippen molar-refractivity contribution in [2.45, 2.75) is 31.6 Å². The van der Waals surface area contributed by atoms with Crippen LogP contribution >= 0.6 is 0 Å². The minimum atomic E-state index is -3.36. The summed E-state index contributed by atoms with van der Waals surface area (Å²) < 4.78 is 27.7. The van der Waals surface area contributed by atoms with E-state index >= 15 is 0 Å². The quantitative estimate of drug-likeness (QED) is 0.785. The zero-order chi connectivity index (χ0) is 19.7. The predicted molar refractivity (Wildman–Crippen MR) is 105 cm³/mol. The van der Waals surface area contributed by atoms with E-state index in [-0.39, 0.29) is 11.8 Å². The van der Waals surface area contributed by atoms with Crippen molar-refractivity contribution < 1.29 is 13.2 Å². The highest BCUT2D eigenvalue weighted by Gasteiger charge is 2.47. The Morgan fingerprint density at radius 2 is 1.86 bits per heavy atom. The molecule has 3 heterocycles. The molecule has 1 aromatic heterocycles. The molecule has 28 heavy (non-hydrogen) atoms. The first-order valence-corrected chi connectivity index (χ1v) is 11.1. The molecule has 1 amide bonds. The van der Waals surface area contributed by atoms with Gasteiger partial charge in [-0.25, -0.2) is 13.4 Å². The summed E-state index contributed by atoms with van der Waals surface area (Å²) in [5, 5.41) is -0.418. The fourth-order valence-corrected chi connectivity index (χ4v) is 6.33. The maximum Gasteiger partial charge on any atom is 0.274 e. The highest BCUT2D eigenvalue weighted by Crippen LogP contribution is 2.35. The summed E-state index contributed by atoms with van der Waals surface area (Å²) in [6.07, 6.45) is 4.21. The van der Waals surface area contributed by atoms with Crippen molar-refractivity contribution in [3.8, 4) is 0 Å². The standard InChI is InChI=1S/C20H24N4O3S/c1-15-11-22-18(12-21-15)20(25)23-9-7-17-14-24(13-16-5-3-2-4-6-16)28(26,27)19(17)8-10-23/h2-6,11-12,17,19H,7-10,13-14H2,1H3/t17-,19-/m1/s1. The lowest BCUT2D eigenvalue weighted by atomic mass is 10.0. The summed E-state index contributed by atoms with van der Waals surface area (Å²) in [5.74, 6) is -0.123. The van der Waals surface area contributed by atoms with Crippen molar-refractivity contribution in [2.24, 2.45) is 5.92 Å². The number of nitrogens with zero attached hydrogens (tertiary/aromatic N) is 4. The summed E-state index contributed by atoms with van der Waals surface area (Å²) in [4.78, 5) is 22.7. The minimum Gasteiger partial charge on any atom is -0.337 e.